The van der Waals surface area contributed by atoms with Crippen molar-refractivity contribution in [3.63, 3.8) is 0 Å². The average molecular weight is 281 g/mol. The number of rotatable bonds is 5. The molecule has 0 radical (unpaired) electrons. The molecule has 0 bridgehead atoms. The third-order valence-electron chi connectivity index (χ3n) is 3.69. The highest BCUT2D eigenvalue weighted by Crippen LogP contribution is 2.32. The van der Waals surface area contributed by atoms with Crippen molar-refractivity contribution in [3.8, 4) is 11.1 Å². The fraction of sp³-hybridized carbons (Fsp3) is 0.316. The summed E-state index contributed by atoms with van der Waals surface area (Å²) >= 11 is 0. The molecular formula is C19H23NO. The number of hydrogen-bond acceptors (Lipinski definition) is 2. The number of aryl methyl sites for hydroxylation is 2. The van der Waals surface area contributed by atoms with Crippen molar-refractivity contribution >= 4 is 6.08 Å². The molecule has 1 aromatic carbocycles. The minimum atomic E-state index is 0.0119. The minimum Gasteiger partial charge on any atom is -0.392 e. The number of unbranched alkanes of at least 4 members (excludes halogenated alkanes) is 1. The molecular weight excluding hydrogens is 258 g/mol. The summed E-state index contributed by atoms with van der Waals surface area (Å²) in [5, 5.41) is 9.78. The number of pyridine rings is 1. The predicted molar refractivity (Wildman–Crippen MR) is 89.0 cm³/mol. The smallest absolute Gasteiger partial charge is 0.0705 e. The number of allylic oxidation sites excluding steroid dienone is 1. The topological polar surface area (TPSA) is 33.1 Å². The molecule has 0 saturated carbocycles. The fourth-order valence-electron chi connectivity index (χ4n) is 2.60. The second-order valence-corrected chi connectivity index (χ2v) is 5.27. The zero-order chi connectivity index (χ0) is 15.2. The first kappa shape index (κ1) is 15.5. The molecule has 0 amide bonds. The van der Waals surface area contributed by atoms with E-state index in [9.17, 15) is 5.11 Å². The normalized spacial score (nSPS) is 11.2. The van der Waals surface area contributed by atoms with Gasteiger partial charge < -0.3 is 5.11 Å². The van der Waals surface area contributed by atoms with Gasteiger partial charge in [-0.3, -0.25) is 4.98 Å². The van der Waals surface area contributed by atoms with Crippen molar-refractivity contribution in [1.82, 2.24) is 4.98 Å². The fourth-order valence-corrected chi connectivity index (χ4v) is 2.60. The molecule has 0 aliphatic heterocycles. The van der Waals surface area contributed by atoms with Gasteiger partial charge >= 0.3 is 0 Å². The van der Waals surface area contributed by atoms with E-state index in [0.29, 0.717) is 0 Å². The van der Waals surface area contributed by atoms with E-state index in [1.54, 1.807) is 0 Å². The molecule has 0 saturated heterocycles. The largest absolute Gasteiger partial charge is 0.392 e. The summed E-state index contributed by atoms with van der Waals surface area (Å²) in [5.74, 6) is 0. The van der Waals surface area contributed by atoms with Crippen LogP contribution in [-0.2, 0) is 6.61 Å². The van der Waals surface area contributed by atoms with Crippen LogP contribution in [0.1, 0.15) is 42.3 Å². The first-order valence-corrected chi connectivity index (χ1v) is 7.52. The summed E-state index contributed by atoms with van der Waals surface area (Å²) in [6.07, 6.45) is 6.51. The van der Waals surface area contributed by atoms with Gasteiger partial charge in [-0.2, -0.15) is 0 Å². The van der Waals surface area contributed by atoms with Crippen molar-refractivity contribution in [2.75, 3.05) is 0 Å². The number of aromatic nitrogens is 1. The van der Waals surface area contributed by atoms with Gasteiger partial charge in [0.25, 0.3) is 0 Å². The van der Waals surface area contributed by atoms with E-state index in [0.717, 1.165) is 46.5 Å². The van der Waals surface area contributed by atoms with E-state index in [4.69, 9.17) is 0 Å². The Labute approximate surface area is 127 Å². The van der Waals surface area contributed by atoms with Gasteiger partial charge in [-0.15, -0.1) is 0 Å². The van der Waals surface area contributed by atoms with Crippen LogP contribution in [0.5, 0.6) is 0 Å². The van der Waals surface area contributed by atoms with Gasteiger partial charge in [-0.05, 0) is 31.4 Å². The maximum atomic E-state index is 9.78. The first-order valence-electron chi connectivity index (χ1n) is 7.52. The van der Waals surface area contributed by atoms with Crippen LogP contribution < -0.4 is 0 Å². The van der Waals surface area contributed by atoms with Gasteiger partial charge in [0.2, 0.25) is 0 Å². The lowest BCUT2D eigenvalue weighted by Gasteiger charge is -2.16. The standard InChI is InChI=1S/C19H23NO/c1-4-5-7-12-17-14(2)20-15(3)18(13-21)19(17)16-10-8-6-9-11-16/h6-12,21H,4-5,13H2,1-3H3. The Bertz CT molecular complexity index is 630. The van der Waals surface area contributed by atoms with Gasteiger partial charge in [0, 0.05) is 22.5 Å². The molecule has 2 heteroatoms. The lowest BCUT2D eigenvalue weighted by molar-refractivity contribution is 0.281. The van der Waals surface area contributed by atoms with E-state index in [1.807, 2.05) is 32.0 Å². The minimum absolute atomic E-state index is 0.0119. The van der Waals surface area contributed by atoms with Crippen molar-refractivity contribution in [2.24, 2.45) is 0 Å². The summed E-state index contributed by atoms with van der Waals surface area (Å²) in [7, 11) is 0. The predicted octanol–water partition coefficient (Wildman–Crippen LogP) is 4.67. The van der Waals surface area contributed by atoms with Crippen LogP contribution >= 0.6 is 0 Å². The lowest BCUT2D eigenvalue weighted by atomic mass is 9.92. The molecule has 0 spiro atoms. The molecule has 1 N–H and O–H groups in total. The lowest BCUT2D eigenvalue weighted by Crippen LogP contribution is -2.03. The molecule has 1 heterocycles. The summed E-state index contributed by atoms with van der Waals surface area (Å²) < 4.78 is 0. The summed E-state index contributed by atoms with van der Waals surface area (Å²) in [6.45, 7) is 6.18. The van der Waals surface area contributed by atoms with Crippen molar-refractivity contribution in [2.45, 2.75) is 40.2 Å². The number of benzene rings is 1. The number of aliphatic hydroxyl groups is 1. The summed E-state index contributed by atoms with van der Waals surface area (Å²) in [5.41, 5.74) is 6.19. The number of nitrogens with zero attached hydrogens (tertiary/aromatic N) is 1. The van der Waals surface area contributed by atoms with Crippen LogP contribution in [0.15, 0.2) is 36.4 Å². The third kappa shape index (κ3) is 3.40. The number of hydrogen-bond donors (Lipinski definition) is 1. The molecule has 2 rings (SSSR count). The summed E-state index contributed by atoms with van der Waals surface area (Å²) in [6, 6.07) is 10.2. The average Bonchev–Trinajstić information content (AvgIpc) is 2.50. The first-order chi connectivity index (χ1) is 10.2. The molecule has 1 aromatic heterocycles. The zero-order valence-corrected chi connectivity index (χ0v) is 13.1. The SMILES string of the molecule is CCCC=Cc1c(C)nc(C)c(CO)c1-c1ccccc1. The van der Waals surface area contributed by atoms with Gasteiger partial charge in [0.05, 0.1) is 6.61 Å². The Morgan fingerprint density at radius 3 is 2.43 bits per heavy atom. The Hall–Kier alpha value is -1.93. The van der Waals surface area contributed by atoms with Crippen molar-refractivity contribution in [1.29, 1.82) is 0 Å². The van der Waals surface area contributed by atoms with Crippen molar-refractivity contribution < 1.29 is 5.11 Å². The molecule has 2 aromatic rings. The number of aliphatic hydroxyl groups excluding tert-OH is 1. The van der Waals surface area contributed by atoms with Crippen LogP contribution in [0.3, 0.4) is 0 Å². The van der Waals surface area contributed by atoms with Gasteiger partial charge in [-0.1, -0.05) is 55.8 Å². The van der Waals surface area contributed by atoms with Gasteiger partial charge in [0.15, 0.2) is 0 Å². The van der Waals surface area contributed by atoms with Crippen LogP contribution in [0.4, 0.5) is 0 Å². The van der Waals surface area contributed by atoms with E-state index in [1.165, 1.54) is 0 Å². The van der Waals surface area contributed by atoms with E-state index in [-0.39, 0.29) is 6.61 Å². The van der Waals surface area contributed by atoms with Crippen LogP contribution in [-0.4, -0.2) is 10.1 Å². The Balaban J connectivity index is 2.68. The molecule has 21 heavy (non-hydrogen) atoms. The maximum Gasteiger partial charge on any atom is 0.0705 e. The van der Waals surface area contributed by atoms with Crippen molar-refractivity contribution in [3.05, 3.63) is 58.9 Å². The van der Waals surface area contributed by atoms with Gasteiger partial charge in [-0.25, -0.2) is 0 Å². The summed E-state index contributed by atoms with van der Waals surface area (Å²) in [4.78, 5) is 4.60. The third-order valence-corrected chi connectivity index (χ3v) is 3.69. The van der Waals surface area contributed by atoms with Crippen LogP contribution in [0.2, 0.25) is 0 Å². The zero-order valence-electron chi connectivity index (χ0n) is 13.1. The molecule has 0 aliphatic carbocycles. The van der Waals surface area contributed by atoms with E-state index >= 15 is 0 Å². The second kappa shape index (κ2) is 7.19. The molecule has 0 fully saturated rings. The van der Waals surface area contributed by atoms with E-state index in [2.05, 4.69) is 36.2 Å². The monoisotopic (exact) mass is 281 g/mol. The Morgan fingerprint density at radius 2 is 1.81 bits per heavy atom. The molecule has 0 atom stereocenters. The highest BCUT2D eigenvalue weighted by atomic mass is 16.3. The second-order valence-electron chi connectivity index (χ2n) is 5.27. The Morgan fingerprint density at radius 1 is 1.10 bits per heavy atom. The van der Waals surface area contributed by atoms with Crippen LogP contribution in [0.25, 0.3) is 17.2 Å². The maximum absolute atomic E-state index is 9.78. The molecule has 0 unspecified atom stereocenters. The molecule has 110 valence electrons. The van der Waals surface area contributed by atoms with Crippen LogP contribution in [0, 0.1) is 13.8 Å². The quantitative estimate of drug-likeness (QED) is 0.863. The highest BCUT2D eigenvalue weighted by Gasteiger charge is 2.15. The van der Waals surface area contributed by atoms with Gasteiger partial charge in [0.1, 0.15) is 0 Å². The van der Waals surface area contributed by atoms with E-state index < -0.39 is 0 Å². The molecule has 0 aliphatic rings. The highest BCUT2D eigenvalue weighted by molar-refractivity contribution is 5.79. The Kier molecular flexibility index (Phi) is 5.29. The molecule has 2 nitrogen and oxygen atoms in total.